The Bertz CT molecular complexity index is 433. The van der Waals surface area contributed by atoms with Gasteiger partial charge in [-0.1, -0.05) is 6.07 Å². The Balaban J connectivity index is 2.57. The molecule has 0 heterocycles. The number of carbonyl (C=O) groups is 1. The van der Waals surface area contributed by atoms with Gasteiger partial charge >= 0.3 is 0 Å². The lowest BCUT2D eigenvalue weighted by molar-refractivity contribution is -0.122. The van der Waals surface area contributed by atoms with Gasteiger partial charge in [-0.15, -0.1) is 0 Å². The molecule has 1 unspecified atom stereocenters. The zero-order chi connectivity index (χ0) is 14.4. The number of ether oxygens (including phenoxy) is 1. The Morgan fingerprint density at radius 3 is 2.68 bits per heavy atom. The zero-order valence-corrected chi connectivity index (χ0v) is 11.6. The number of carbonyl (C=O) groups excluding carboxylic acids is 1. The molecule has 0 radical (unpaired) electrons. The van der Waals surface area contributed by atoms with Gasteiger partial charge in [-0.2, -0.15) is 0 Å². The Kier molecular flexibility index (Phi) is 5.76. The van der Waals surface area contributed by atoms with Crippen LogP contribution in [0.15, 0.2) is 18.2 Å². The van der Waals surface area contributed by atoms with Gasteiger partial charge in [-0.25, -0.2) is 4.39 Å². The highest BCUT2D eigenvalue weighted by molar-refractivity contribution is 5.76. The molecule has 0 fully saturated rings. The monoisotopic (exact) mass is 268 g/mol. The van der Waals surface area contributed by atoms with E-state index in [1.54, 1.807) is 13.0 Å². The van der Waals surface area contributed by atoms with Crippen molar-refractivity contribution in [2.24, 2.45) is 5.73 Å². The molecule has 0 bridgehead atoms. The largest absolute Gasteiger partial charge is 0.493 e. The Morgan fingerprint density at radius 1 is 1.42 bits per heavy atom. The van der Waals surface area contributed by atoms with Crippen molar-refractivity contribution in [3.8, 4) is 5.75 Å². The van der Waals surface area contributed by atoms with E-state index in [0.29, 0.717) is 5.75 Å². The number of amides is 1. The van der Waals surface area contributed by atoms with E-state index in [-0.39, 0.29) is 36.8 Å². The van der Waals surface area contributed by atoms with Crippen molar-refractivity contribution in [2.45, 2.75) is 39.3 Å². The molecule has 19 heavy (non-hydrogen) atoms. The second-order valence-corrected chi connectivity index (χ2v) is 4.79. The smallest absolute Gasteiger partial charge is 0.223 e. The summed E-state index contributed by atoms with van der Waals surface area (Å²) in [6.45, 7) is 5.77. The van der Waals surface area contributed by atoms with E-state index in [4.69, 9.17) is 10.5 Å². The fraction of sp³-hybridized carbons (Fsp3) is 0.500. The van der Waals surface area contributed by atoms with Crippen LogP contribution >= 0.6 is 0 Å². The fourth-order valence-corrected chi connectivity index (χ4v) is 1.66. The van der Waals surface area contributed by atoms with Crippen LogP contribution in [0.1, 0.15) is 38.8 Å². The first-order chi connectivity index (χ1) is 8.90. The molecule has 0 aliphatic rings. The Hall–Kier alpha value is -1.62. The van der Waals surface area contributed by atoms with Crippen molar-refractivity contribution in [1.29, 1.82) is 0 Å². The normalized spacial score (nSPS) is 12.3. The minimum atomic E-state index is -0.383. The number of benzene rings is 1. The van der Waals surface area contributed by atoms with E-state index in [2.05, 4.69) is 5.32 Å². The van der Waals surface area contributed by atoms with Gasteiger partial charge in [-0.3, -0.25) is 4.79 Å². The van der Waals surface area contributed by atoms with Crippen LogP contribution in [0, 0.1) is 5.82 Å². The van der Waals surface area contributed by atoms with Gasteiger partial charge in [0.05, 0.1) is 13.0 Å². The first kappa shape index (κ1) is 15.4. The van der Waals surface area contributed by atoms with Crippen LogP contribution in [-0.4, -0.2) is 18.6 Å². The number of hydrogen-bond acceptors (Lipinski definition) is 3. The van der Waals surface area contributed by atoms with E-state index < -0.39 is 0 Å². The average molecular weight is 268 g/mol. The molecule has 1 amide bonds. The number of rotatable bonds is 6. The third-order valence-electron chi connectivity index (χ3n) is 2.50. The summed E-state index contributed by atoms with van der Waals surface area (Å²) in [6, 6.07) is 4.08. The summed E-state index contributed by atoms with van der Waals surface area (Å²) >= 11 is 0. The summed E-state index contributed by atoms with van der Waals surface area (Å²) in [5.41, 5.74) is 6.51. The predicted octanol–water partition coefficient (Wildman–Crippen LogP) is 2.14. The van der Waals surface area contributed by atoms with Gasteiger partial charge in [-0.05, 0) is 26.8 Å². The molecule has 0 aliphatic heterocycles. The van der Waals surface area contributed by atoms with Crippen LogP contribution in [0.3, 0.4) is 0 Å². The summed E-state index contributed by atoms with van der Waals surface area (Å²) < 4.78 is 18.6. The molecule has 0 saturated carbocycles. The topological polar surface area (TPSA) is 64.3 Å². The van der Waals surface area contributed by atoms with E-state index >= 15 is 0 Å². The van der Waals surface area contributed by atoms with Crippen LogP contribution in [0.2, 0.25) is 0 Å². The predicted molar refractivity (Wildman–Crippen MR) is 72.4 cm³/mol. The summed E-state index contributed by atoms with van der Waals surface area (Å²) in [5.74, 6) is -0.0767. The first-order valence-corrected chi connectivity index (χ1v) is 6.37. The van der Waals surface area contributed by atoms with Gasteiger partial charge in [0.2, 0.25) is 5.91 Å². The highest BCUT2D eigenvalue weighted by atomic mass is 19.1. The minimum absolute atomic E-state index is 0.0891. The first-order valence-electron chi connectivity index (χ1n) is 6.37. The van der Waals surface area contributed by atoms with Crippen molar-refractivity contribution in [1.82, 2.24) is 5.32 Å². The van der Waals surface area contributed by atoms with Crippen LogP contribution in [0.5, 0.6) is 5.75 Å². The molecule has 5 heteroatoms. The van der Waals surface area contributed by atoms with Crippen LogP contribution in [-0.2, 0) is 4.79 Å². The van der Waals surface area contributed by atoms with Crippen molar-refractivity contribution >= 4 is 5.91 Å². The third kappa shape index (κ3) is 5.26. The molecule has 0 aromatic heterocycles. The second-order valence-electron chi connectivity index (χ2n) is 4.79. The molecule has 1 atom stereocenters. The van der Waals surface area contributed by atoms with E-state index in [0.717, 1.165) is 5.56 Å². The third-order valence-corrected chi connectivity index (χ3v) is 2.50. The molecular formula is C14H21FN2O2. The van der Waals surface area contributed by atoms with Crippen LogP contribution in [0.4, 0.5) is 4.39 Å². The zero-order valence-electron chi connectivity index (χ0n) is 11.6. The summed E-state index contributed by atoms with van der Waals surface area (Å²) in [7, 11) is 0. The van der Waals surface area contributed by atoms with Gasteiger partial charge in [0.15, 0.2) is 0 Å². The van der Waals surface area contributed by atoms with Crippen molar-refractivity contribution in [3.05, 3.63) is 29.6 Å². The highest BCUT2D eigenvalue weighted by Crippen LogP contribution is 2.24. The van der Waals surface area contributed by atoms with E-state index in [9.17, 15) is 9.18 Å². The van der Waals surface area contributed by atoms with Crippen molar-refractivity contribution in [3.63, 3.8) is 0 Å². The molecular weight excluding hydrogens is 247 g/mol. The lowest BCUT2D eigenvalue weighted by atomic mass is 10.1. The SMILES string of the molecule is CC(C)NC(=O)CCOc1cc(F)ccc1C(C)N. The maximum atomic E-state index is 13.2. The van der Waals surface area contributed by atoms with E-state index in [1.807, 2.05) is 13.8 Å². The molecule has 0 spiro atoms. The summed E-state index contributed by atoms with van der Waals surface area (Å²) in [6.07, 6.45) is 0.229. The molecule has 1 aromatic carbocycles. The molecule has 0 saturated heterocycles. The van der Waals surface area contributed by atoms with Gasteiger partial charge in [0, 0.05) is 23.7 Å². The molecule has 0 aliphatic carbocycles. The lowest BCUT2D eigenvalue weighted by Crippen LogP contribution is -2.31. The van der Waals surface area contributed by atoms with Crippen LogP contribution < -0.4 is 15.8 Å². The van der Waals surface area contributed by atoms with Crippen molar-refractivity contribution in [2.75, 3.05) is 6.61 Å². The number of nitrogens with one attached hydrogen (secondary N) is 1. The molecule has 106 valence electrons. The Labute approximate surface area is 113 Å². The molecule has 1 aromatic rings. The standard InChI is InChI=1S/C14H21FN2O2/c1-9(2)17-14(18)6-7-19-13-8-11(15)4-5-12(13)10(3)16/h4-5,8-10H,6-7,16H2,1-3H3,(H,17,18). The van der Waals surface area contributed by atoms with Gasteiger partial charge in [0.1, 0.15) is 11.6 Å². The quantitative estimate of drug-likeness (QED) is 0.830. The Morgan fingerprint density at radius 2 is 2.11 bits per heavy atom. The van der Waals surface area contributed by atoms with Crippen LogP contribution in [0.25, 0.3) is 0 Å². The number of hydrogen-bond donors (Lipinski definition) is 2. The van der Waals surface area contributed by atoms with Crippen molar-refractivity contribution < 1.29 is 13.9 Å². The summed E-state index contributed by atoms with van der Waals surface area (Å²) in [5, 5.41) is 2.76. The number of nitrogens with two attached hydrogens (primary N) is 1. The number of halogens is 1. The lowest BCUT2D eigenvalue weighted by Gasteiger charge is -2.14. The molecule has 1 rings (SSSR count). The fourth-order valence-electron chi connectivity index (χ4n) is 1.66. The highest BCUT2D eigenvalue weighted by Gasteiger charge is 2.10. The van der Waals surface area contributed by atoms with E-state index in [1.165, 1.54) is 12.1 Å². The maximum absolute atomic E-state index is 13.2. The van der Waals surface area contributed by atoms with Gasteiger partial charge < -0.3 is 15.8 Å². The summed E-state index contributed by atoms with van der Waals surface area (Å²) in [4.78, 5) is 11.4. The minimum Gasteiger partial charge on any atom is -0.493 e. The van der Waals surface area contributed by atoms with Gasteiger partial charge in [0.25, 0.3) is 0 Å². The molecule has 4 nitrogen and oxygen atoms in total. The maximum Gasteiger partial charge on any atom is 0.223 e. The second kappa shape index (κ2) is 7.09. The average Bonchev–Trinajstić information content (AvgIpc) is 2.27. The molecule has 3 N–H and O–H groups in total.